The highest BCUT2D eigenvalue weighted by atomic mass is 16.5. The van der Waals surface area contributed by atoms with Crippen LogP contribution in [0.1, 0.15) is 12.7 Å². The van der Waals surface area contributed by atoms with Crippen LogP contribution < -0.4 is 10.6 Å². The molecule has 2 aromatic rings. The minimum Gasteiger partial charge on any atom is -0.370 e. The largest absolute Gasteiger partial charge is 0.370 e. The molecule has 2 rings (SSSR count). The molecule has 0 fully saturated rings. The van der Waals surface area contributed by atoms with Crippen molar-refractivity contribution in [2.75, 3.05) is 23.7 Å². The van der Waals surface area contributed by atoms with Crippen molar-refractivity contribution < 1.29 is 4.52 Å². The fourth-order valence-electron chi connectivity index (χ4n) is 1.42. The van der Waals surface area contributed by atoms with Crippen molar-refractivity contribution in [1.29, 1.82) is 0 Å². The van der Waals surface area contributed by atoms with Crippen molar-refractivity contribution in [3.63, 3.8) is 0 Å². The Kier molecular flexibility index (Phi) is 3.90. The van der Waals surface area contributed by atoms with Crippen LogP contribution in [0.25, 0.3) is 0 Å². The van der Waals surface area contributed by atoms with Gasteiger partial charge in [-0.1, -0.05) is 11.2 Å². The Morgan fingerprint density at radius 3 is 2.76 bits per heavy atom. The second-order valence-corrected chi connectivity index (χ2v) is 3.46. The van der Waals surface area contributed by atoms with Gasteiger partial charge in [-0.05, 0) is 19.1 Å². The number of nitrogens with zero attached hydrogens (tertiary/aromatic N) is 3. The van der Waals surface area contributed by atoms with Crippen molar-refractivity contribution in [3.05, 3.63) is 30.4 Å². The van der Waals surface area contributed by atoms with Crippen LogP contribution in [0, 0.1) is 0 Å². The lowest BCUT2D eigenvalue weighted by atomic mass is 10.4. The SMILES string of the molecule is CCNc1cccc(NCCc2ncon2)n1. The first-order chi connectivity index (χ1) is 8.38. The number of nitrogens with one attached hydrogen (secondary N) is 2. The average Bonchev–Trinajstić information content (AvgIpc) is 2.83. The van der Waals surface area contributed by atoms with Gasteiger partial charge < -0.3 is 15.2 Å². The summed E-state index contributed by atoms with van der Waals surface area (Å²) in [6, 6.07) is 5.83. The highest BCUT2D eigenvalue weighted by Gasteiger charge is 1.99. The lowest BCUT2D eigenvalue weighted by molar-refractivity contribution is 0.410. The van der Waals surface area contributed by atoms with Crippen molar-refractivity contribution in [2.24, 2.45) is 0 Å². The number of hydrogen-bond acceptors (Lipinski definition) is 6. The summed E-state index contributed by atoms with van der Waals surface area (Å²) in [7, 11) is 0. The van der Waals surface area contributed by atoms with E-state index in [2.05, 4.69) is 30.3 Å². The Morgan fingerprint density at radius 2 is 2.06 bits per heavy atom. The molecule has 90 valence electrons. The maximum Gasteiger partial charge on any atom is 0.213 e. The van der Waals surface area contributed by atoms with E-state index in [4.69, 9.17) is 0 Å². The maximum atomic E-state index is 4.65. The Labute approximate surface area is 99.5 Å². The van der Waals surface area contributed by atoms with Gasteiger partial charge in [0.05, 0.1) is 0 Å². The van der Waals surface area contributed by atoms with Gasteiger partial charge in [-0.3, -0.25) is 0 Å². The fourth-order valence-corrected chi connectivity index (χ4v) is 1.42. The third-order valence-electron chi connectivity index (χ3n) is 2.17. The molecule has 6 nitrogen and oxygen atoms in total. The van der Waals surface area contributed by atoms with Gasteiger partial charge in [0.15, 0.2) is 5.82 Å². The fraction of sp³-hybridized carbons (Fsp3) is 0.364. The van der Waals surface area contributed by atoms with E-state index >= 15 is 0 Å². The standard InChI is InChI=1S/C11H15N5O/c1-2-12-9-4-3-5-10(15-9)13-7-6-11-14-8-17-16-11/h3-5,8H,2,6-7H2,1H3,(H2,12,13,15). The van der Waals surface area contributed by atoms with E-state index in [0.717, 1.165) is 24.7 Å². The molecule has 0 amide bonds. The molecule has 2 N–H and O–H groups in total. The molecule has 0 aliphatic heterocycles. The van der Waals surface area contributed by atoms with Gasteiger partial charge in [0.25, 0.3) is 0 Å². The van der Waals surface area contributed by atoms with Crippen LogP contribution in [0.2, 0.25) is 0 Å². The highest BCUT2D eigenvalue weighted by Crippen LogP contribution is 2.08. The van der Waals surface area contributed by atoms with Gasteiger partial charge >= 0.3 is 0 Å². The van der Waals surface area contributed by atoms with Gasteiger partial charge in [0, 0.05) is 19.5 Å². The van der Waals surface area contributed by atoms with Crippen LogP contribution in [-0.2, 0) is 6.42 Å². The maximum absolute atomic E-state index is 4.65. The number of aromatic nitrogens is 3. The summed E-state index contributed by atoms with van der Waals surface area (Å²) in [4.78, 5) is 8.34. The van der Waals surface area contributed by atoms with Gasteiger partial charge in [0.1, 0.15) is 11.6 Å². The minimum atomic E-state index is 0.695. The molecule has 17 heavy (non-hydrogen) atoms. The summed E-state index contributed by atoms with van der Waals surface area (Å²) >= 11 is 0. The number of rotatable bonds is 6. The zero-order chi connectivity index (χ0) is 11.9. The predicted octanol–water partition coefficient (Wildman–Crippen LogP) is 1.55. The zero-order valence-electron chi connectivity index (χ0n) is 9.68. The van der Waals surface area contributed by atoms with E-state index in [9.17, 15) is 0 Å². The molecule has 0 unspecified atom stereocenters. The van der Waals surface area contributed by atoms with E-state index in [0.29, 0.717) is 12.2 Å². The van der Waals surface area contributed by atoms with Crippen LogP contribution in [-0.4, -0.2) is 28.2 Å². The molecule has 0 radical (unpaired) electrons. The van der Waals surface area contributed by atoms with E-state index in [1.54, 1.807) is 0 Å². The van der Waals surface area contributed by atoms with E-state index in [1.165, 1.54) is 6.39 Å². The Bertz CT molecular complexity index is 443. The molecule has 0 aliphatic carbocycles. The summed E-state index contributed by atoms with van der Waals surface area (Å²) in [5, 5.41) is 10.1. The van der Waals surface area contributed by atoms with E-state index in [1.807, 2.05) is 25.1 Å². The molecule has 0 aliphatic rings. The van der Waals surface area contributed by atoms with Crippen molar-refractivity contribution in [3.8, 4) is 0 Å². The molecule has 0 aromatic carbocycles. The Hall–Kier alpha value is -2.11. The molecule has 0 saturated heterocycles. The molecule has 2 heterocycles. The topological polar surface area (TPSA) is 75.9 Å². The second-order valence-electron chi connectivity index (χ2n) is 3.46. The van der Waals surface area contributed by atoms with Crippen molar-refractivity contribution in [1.82, 2.24) is 15.1 Å². The summed E-state index contributed by atoms with van der Waals surface area (Å²) in [6.07, 6.45) is 2.04. The quantitative estimate of drug-likeness (QED) is 0.788. The molecule has 0 spiro atoms. The molecule has 0 saturated carbocycles. The third kappa shape index (κ3) is 3.44. The van der Waals surface area contributed by atoms with E-state index < -0.39 is 0 Å². The lowest BCUT2D eigenvalue weighted by Gasteiger charge is -2.06. The van der Waals surface area contributed by atoms with Crippen molar-refractivity contribution in [2.45, 2.75) is 13.3 Å². The normalized spacial score (nSPS) is 10.2. The van der Waals surface area contributed by atoms with Crippen molar-refractivity contribution >= 4 is 11.6 Å². The summed E-state index contributed by atoms with van der Waals surface area (Å²) < 4.78 is 4.65. The van der Waals surface area contributed by atoms with Crippen LogP contribution in [0.3, 0.4) is 0 Å². The van der Waals surface area contributed by atoms with Gasteiger partial charge in [-0.15, -0.1) is 0 Å². The van der Waals surface area contributed by atoms with Crippen LogP contribution in [0.5, 0.6) is 0 Å². The first kappa shape index (κ1) is 11.4. The molecular formula is C11H15N5O. The number of anilines is 2. The summed E-state index contributed by atoms with van der Waals surface area (Å²) in [5.74, 6) is 2.41. The summed E-state index contributed by atoms with van der Waals surface area (Å²) in [6.45, 7) is 3.62. The molecule has 0 bridgehead atoms. The van der Waals surface area contributed by atoms with Gasteiger partial charge in [-0.2, -0.15) is 4.98 Å². The predicted molar refractivity (Wildman–Crippen MR) is 64.9 cm³/mol. The molecule has 2 aromatic heterocycles. The average molecular weight is 233 g/mol. The smallest absolute Gasteiger partial charge is 0.213 e. The Balaban J connectivity index is 1.84. The molecule has 0 atom stereocenters. The minimum absolute atomic E-state index is 0.695. The van der Waals surface area contributed by atoms with Crippen LogP contribution in [0.15, 0.2) is 29.1 Å². The van der Waals surface area contributed by atoms with E-state index in [-0.39, 0.29) is 0 Å². The Morgan fingerprint density at radius 1 is 1.24 bits per heavy atom. The second kappa shape index (κ2) is 5.83. The van der Waals surface area contributed by atoms with Crippen LogP contribution in [0.4, 0.5) is 11.6 Å². The first-order valence-electron chi connectivity index (χ1n) is 5.58. The highest BCUT2D eigenvalue weighted by molar-refractivity contribution is 5.44. The monoisotopic (exact) mass is 233 g/mol. The number of hydrogen-bond donors (Lipinski definition) is 2. The first-order valence-corrected chi connectivity index (χ1v) is 5.58. The zero-order valence-corrected chi connectivity index (χ0v) is 9.68. The number of pyridine rings is 1. The van der Waals surface area contributed by atoms with Gasteiger partial charge in [-0.25, -0.2) is 4.98 Å². The van der Waals surface area contributed by atoms with Gasteiger partial charge in [0.2, 0.25) is 6.39 Å². The third-order valence-corrected chi connectivity index (χ3v) is 2.17. The molecule has 6 heteroatoms. The summed E-state index contributed by atoms with van der Waals surface area (Å²) in [5.41, 5.74) is 0. The molecular weight excluding hydrogens is 218 g/mol. The van der Waals surface area contributed by atoms with Crippen LogP contribution >= 0.6 is 0 Å². The lowest BCUT2D eigenvalue weighted by Crippen LogP contribution is -2.08.